The molecule has 0 spiro atoms. The number of benzene rings is 1. The lowest BCUT2D eigenvalue weighted by Crippen LogP contribution is -2.44. The Balaban J connectivity index is 1.87. The molecule has 0 bridgehead atoms. The molecule has 1 fully saturated rings. The summed E-state index contributed by atoms with van der Waals surface area (Å²) in [5.41, 5.74) is 5.95. The Hall–Kier alpha value is -1.28. The summed E-state index contributed by atoms with van der Waals surface area (Å²) in [5, 5.41) is 4.65. The van der Waals surface area contributed by atoms with Crippen molar-refractivity contribution in [3.05, 3.63) is 34.1 Å². The smallest absolute Gasteiger partial charge is 0.230 e. The van der Waals surface area contributed by atoms with Crippen molar-refractivity contribution in [2.45, 2.75) is 23.5 Å². The monoisotopic (exact) mass is 398 g/mol. The molecule has 0 saturated carbocycles. The number of anilines is 2. The minimum atomic E-state index is 0.0166. The summed E-state index contributed by atoms with van der Waals surface area (Å²) in [7, 11) is 0. The van der Waals surface area contributed by atoms with Gasteiger partial charge in [-0.15, -0.1) is 11.8 Å². The summed E-state index contributed by atoms with van der Waals surface area (Å²) in [6, 6.07) is 5.43. The summed E-state index contributed by atoms with van der Waals surface area (Å²) in [5.74, 6) is 1.56. The van der Waals surface area contributed by atoms with Gasteiger partial charge in [0.1, 0.15) is 5.82 Å². The van der Waals surface area contributed by atoms with E-state index in [1.807, 2.05) is 6.07 Å². The van der Waals surface area contributed by atoms with Crippen molar-refractivity contribution in [3.8, 4) is 0 Å². The molecule has 0 radical (unpaired) electrons. The molecule has 134 valence electrons. The number of aromatic nitrogens is 3. The average molecular weight is 399 g/mol. The molecule has 9 heteroatoms. The first-order chi connectivity index (χ1) is 12.1. The Morgan fingerprint density at radius 3 is 2.72 bits per heavy atom. The average Bonchev–Trinajstić information content (AvgIpc) is 2.62. The lowest BCUT2D eigenvalue weighted by atomic mass is 10.3. The van der Waals surface area contributed by atoms with E-state index in [4.69, 9.17) is 28.9 Å². The molecule has 1 atom stereocenters. The fraction of sp³-hybridized carbons (Fsp3) is 0.438. The van der Waals surface area contributed by atoms with Gasteiger partial charge >= 0.3 is 0 Å². The molecule has 2 aromatic rings. The number of thioether (sulfide) groups is 1. The van der Waals surface area contributed by atoms with Gasteiger partial charge in [-0.3, -0.25) is 0 Å². The molecule has 1 aromatic carbocycles. The number of nitrogens with zero attached hydrogens (tertiary/aromatic N) is 4. The molecule has 3 rings (SSSR count). The molecule has 1 aromatic heterocycles. The number of nitrogens with two attached hydrogens (primary N) is 1. The predicted octanol–water partition coefficient (Wildman–Crippen LogP) is 3.41. The summed E-state index contributed by atoms with van der Waals surface area (Å²) >= 11 is 14.0. The SMILES string of the molecule is CCC(Sc1cc(Cl)ccc1Cl)c1nc(N)nc(N2CCNCC2)n1. The van der Waals surface area contributed by atoms with Gasteiger partial charge < -0.3 is 16.0 Å². The maximum Gasteiger partial charge on any atom is 0.230 e. The molecule has 6 nitrogen and oxygen atoms in total. The van der Waals surface area contributed by atoms with Gasteiger partial charge in [-0.05, 0) is 24.6 Å². The second-order valence-electron chi connectivity index (χ2n) is 5.68. The highest BCUT2D eigenvalue weighted by atomic mass is 35.5. The van der Waals surface area contributed by atoms with E-state index >= 15 is 0 Å². The molecule has 1 saturated heterocycles. The van der Waals surface area contributed by atoms with E-state index in [2.05, 4.69) is 32.1 Å². The third kappa shape index (κ3) is 4.67. The highest BCUT2D eigenvalue weighted by Crippen LogP contribution is 2.40. The second kappa shape index (κ2) is 8.40. The van der Waals surface area contributed by atoms with Crippen LogP contribution in [0.15, 0.2) is 23.1 Å². The van der Waals surface area contributed by atoms with E-state index in [1.54, 1.807) is 23.9 Å². The van der Waals surface area contributed by atoms with Gasteiger partial charge in [-0.2, -0.15) is 15.0 Å². The van der Waals surface area contributed by atoms with Crippen molar-refractivity contribution >= 4 is 46.9 Å². The zero-order chi connectivity index (χ0) is 17.8. The van der Waals surface area contributed by atoms with Crippen molar-refractivity contribution in [2.24, 2.45) is 0 Å². The van der Waals surface area contributed by atoms with Crippen LogP contribution in [-0.2, 0) is 0 Å². The molecular formula is C16H20Cl2N6S. The van der Waals surface area contributed by atoms with Crippen LogP contribution < -0.4 is 16.0 Å². The van der Waals surface area contributed by atoms with Gasteiger partial charge in [-0.25, -0.2) is 0 Å². The van der Waals surface area contributed by atoms with Crippen molar-refractivity contribution in [3.63, 3.8) is 0 Å². The van der Waals surface area contributed by atoms with Crippen LogP contribution in [0.1, 0.15) is 24.4 Å². The van der Waals surface area contributed by atoms with Crippen LogP contribution in [0.2, 0.25) is 10.0 Å². The number of hydrogen-bond donors (Lipinski definition) is 2. The van der Waals surface area contributed by atoms with Crippen molar-refractivity contribution in [1.29, 1.82) is 0 Å². The molecular weight excluding hydrogens is 379 g/mol. The standard InChI is InChI=1S/C16H20Cl2N6S/c1-2-12(25-13-9-10(17)3-4-11(13)18)14-21-15(19)23-16(22-14)24-7-5-20-6-8-24/h3-4,9,12,20H,2,5-8H2,1H3,(H2,19,21,22,23). The lowest BCUT2D eigenvalue weighted by molar-refractivity contribution is 0.577. The minimum Gasteiger partial charge on any atom is -0.368 e. The van der Waals surface area contributed by atoms with E-state index in [0.717, 1.165) is 37.5 Å². The summed E-state index contributed by atoms with van der Waals surface area (Å²) in [6.45, 7) is 5.61. The number of halogens is 2. The first kappa shape index (κ1) is 18.5. The van der Waals surface area contributed by atoms with E-state index in [-0.39, 0.29) is 11.2 Å². The molecule has 0 aliphatic carbocycles. The van der Waals surface area contributed by atoms with Crippen LogP contribution >= 0.6 is 35.0 Å². The fourth-order valence-electron chi connectivity index (χ4n) is 2.59. The molecule has 2 heterocycles. The first-order valence-corrected chi connectivity index (χ1v) is 9.79. The Bertz CT molecular complexity index is 739. The van der Waals surface area contributed by atoms with Crippen molar-refractivity contribution in [2.75, 3.05) is 36.8 Å². The second-order valence-corrected chi connectivity index (χ2v) is 7.77. The van der Waals surface area contributed by atoms with Crippen molar-refractivity contribution < 1.29 is 0 Å². The third-order valence-corrected chi connectivity index (χ3v) is 5.98. The summed E-state index contributed by atoms with van der Waals surface area (Å²) in [6.07, 6.45) is 0.831. The fourth-order valence-corrected chi connectivity index (χ4v) is 4.13. The van der Waals surface area contributed by atoms with Gasteiger partial charge in [0, 0.05) is 36.1 Å². The van der Waals surface area contributed by atoms with Crippen LogP contribution in [0, 0.1) is 0 Å². The zero-order valence-electron chi connectivity index (χ0n) is 13.9. The summed E-state index contributed by atoms with van der Waals surface area (Å²) in [4.78, 5) is 16.4. The maximum atomic E-state index is 6.30. The molecule has 1 aliphatic heterocycles. The quantitative estimate of drug-likeness (QED) is 0.746. The largest absolute Gasteiger partial charge is 0.368 e. The van der Waals surface area contributed by atoms with Gasteiger partial charge in [0.05, 0.1) is 10.3 Å². The number of hydrogen-bond acceptors (Lipinski definition) is 7. The Morgan fingerprint density at radius 1 is 1.24 bits per heavy atom. The van der Waals surface area contributed by atoms with Gasteiger partial charge in [0.2, 0.25) is 11.9 Å². The van der Waals surface area contributed by atoms with E-state index < -0.39 is 0 Å². The maximum absolute atomic E-state index is 6.30. The molecule has 0 amide bonds. The zero-order valence-corrected chi connectivity index (χ0v) is 16.2. The first-order valence-electron chi connectivity index (χ1n) is 8.15. The van der Waals surface area contributed by atoms with E-state index in [1.165, 1.54) is 0 Å². The van der Waals surface area contributed by atoms with Crippen LogP contribution in [0.3, 0.4) is 0 Å². The van der Waals surface area contributed by atoms with Gasteiger partial charge in [-0.1, -0.05) is 30.1 Å². The number of nitrogen functional groups attached to an aromatic ring is 1. The molecule has 1 unspecified atom stereocenters. The van der Waals surface area contributed by atoms with Crippen molar-refractivity contribution in [1.82, 2.24) is 20.3 Å². The predicted molar refractivity (Wildman–Crippen MR) is 105 cm³/mol. The Kier molecular flexibility index (Phi) is 6.22. The highest BCUT2D eigenvalue weighted by molar-refractivity contribution is 7.99. The van der Waals surface area contributed by atoms with E-state index in [9.17, 15) is 0 Å². The molecule has 3 N–H and O–H groups in total. The van der Waals surface area contributed by atoms with Crippen LogP contribution in [0.4, 0.5) is 11.9 Å². The third-order valence-electron chi connectivity index (χ3n) is 3.88. The number of rotatable bonds is 5. The molecule has 1 aliphatic rings. The Labute approximate surface area is 161 Å². The summed E-state index contributed by atoms with van der Waals surface area (Å²) < 4.78 is 0. The van der Waals surface area contributed by atoms with Crippen LogP contribution in [0.5, 0.6) is 0 Å². The highest BCUT2D eigenvalue weighted by Gasteiger charge is 2.21. The normalized spacial score (nSPS) is 16.0. The van der Waals surface area contributed by atoms with E-state index in [0.29, 0.717) is 21.8 Å². The Morgan fingerprint density at radius 2 is 2.00 bits per heavy atom. The lowest BCUT2D eigenvalue weighted by Gasteiger charge is -2.28. The van der Waals surface area contributed by atoms with Gasteiger partial charge in [0.25, 0.3) is 0 Å². The minimum absolute atomic E-state index is 0.0166. The van der Waals surface area contributed by atoms with Crippen LogP contribution in [-0.4, -0.2) is 41.1 Å². The van der Waals surface area contributed by atoms with Gasteiger partial charge in [0.15, 0.2) is 0 Å². The number of nitrogens with one attached hydrogen (secondary N) is 1. The molecule has 25 heavy (non-hydrogen) atoms. The number of piperazine rings is 1. The topological polar surface area (TPSA) is 80.0 Å². The van der Waals surface area contributed by atoms with Crippen LogP contribution in [0.25, 0.3) is 0 Å².